The molecule has 0 unspecified atom stereocenters. The summed E-state index contributed by atoms with van der Waals surface area (Å²) in [5, 5.41) is 8.24. The van der Waals surface area contributed by atoms with Gasteiger partial charge in [-0.1, -0.05) is 59.6 Å². The van der Waals surface area contributed by atoms with E-state index in [1.54, 1.807) is 19.1 Å². The summed E-state index contributed by atoms with van der Waals surface area (Å²) >= 11 is 18.8. The second kappa shape index (κ2) is 10.1. The lowest BCUT2D eigenvalue weighted by Gasteiger charge is -2.11. The highest BCUT2D eigenvalue weighted by Crippen LogP contribution is 2.36. The number of ether oxygens (including phenoxy) is 1. The molecular weight excluding hydrogens is 447 g/mol. The monoisotopic (exact) mass is 464 g/mol. The van der Waals surface area contributed by atoms with Gasteiger partial charge in [0.05, 0.1) is 22.2 Å². The van der Waals surface area contributed by atoms with E-state index in [1.807, 2.05) is 42.5 Å². The van der Waals surface area contributed by atoms with Crippen molar-refractivity contribution in [2.75, 3.05) is 11.9 Å². The Morgan fingerprint density at radius 2 is 1.86 bits per heavy atom. The van der Waals surface area contributed by atoms with Crippen LogP contribution in [-0.2, 0) is 11.3 Å². The molecule has 4 nitrogen and oxygen atoms in total. The van der Waals surface area contributed by atoms with Gasteiger partial charge >= 0.3 is 5.97 Å². The van der Waals surface area contributed by atoms with E-state index in [2.05, 4.69) is 10.6 Å². The first-order chi connectivity index (χ1) is 14.0. The molecule has 0 atom stereocenters. The number of thiocarbonyl (C=S) groups is 1. The minimum absolute atomic E-state index is 0.300. The Labute approximate surface area is 188 Å². The van der Waals surface area contributed by atoms with Crippen LogP contribution in [-0.4, -0.2) is 17.7 Å². The van der Waals surface area contributed by atoms with Crippen molar-refractivity contribution in [3.05, 3.63) is 75.8 Å². The molecule has 0 aliphatic heterocycles. The zero-order chi connectivity index (χ0) is 20.8. The number of hydrogen-bond donors (Lipinski definition) is 2. The average Bonchev–Trinajstić information content (AvgIpc) is 3.13. The SMILES string of the molecule is CCOC(=O)c1cc(-c2ccccc2)sc1NC(=S)NCc1ccc(Cl)c(Cl)c1. The van der Waals surface area contributed by atoms with Crippen molar-refractivity contribution >= 4 is 62.8 Å². The number of benzene rings is 2. The van der Waals surface area contributed by atoms with Gasteiger partial charge in [-0.05, 0) is 48.5 Å². The number of anilines is 1. The van der Waals surface area contributed by atoms with E-state index in [9.17, 15) is 4.79 Å². The Balaban J connectivity index is 1.75. The number of nitrogens with one attached hydrogen (secondary N) is 2. The molecule has 0 saturated heterocycles. The largest absolute Gasteiger partial charge is 0.462 e. The highest BCUT2D eigenvalue weighted by molar-refractivity contribution is 7.80. The van der Waals surface area contributed by atoms with Crippen LogP contribution in [0, 0.1) is 0 Å². The van der Waals surface area contributed by atoms with Gasteiger partial charge in [0.15, 0.2) is 5.11 Å². The fraction of sp³-hybridized carbons (Fsp3) is 0.143. The van der Waals surface area contributed by atoms with Crippen molar-refractivity contribution in [3.63, 3.8) is 0 Å². The quantitative estimate of drug-likeness (QED) is 0.327. The molecule has 150 valence electrons. The first kappa shape index (κ1) is 21.6. The highest BCUT2D eigenvalue weighted by atomic mass is 35.5. The zero-order valence-corrected chi connectivity index (χ0v) is 18.6. The van der Waals surface area contributed by atoms with E-state index in [0.717, 1.165) is 16.0 Å². The van der Waals surface area contributed by atoms with Crippen molar-refractivity contribution in [2.45, 2.75) is 13.5 Å². The summed E-state index contributed by atoms with van der Waals surface area (Å²) in [4.78, 5) is 13.3. The minimum Gasteiger partial charge on any atom is -0.462 e. The topological polar surface area (TPSA) is 50.4 Å². The summed E-state index contributed by atoms with van der Waals surface area (Å²) in [7, 11) is 0. The van der Waals surface area contributed by atoms with Crippen LogP contribution in [0.15, 0.2) is 54.6 Å². The fourth-order valence-corrected chi connectivity index (χ4v) is 4.18. The van der Waals surface area contributed by atoms with Gasteiger partial charge < -0.3 is 15.4 Å². The van der Waals surface area contributed by atoms with E-state index in [0.29, 0.717) is 38.9 Å². The van der Waals surface area contributed by atoms with Crippen LogP contribution in [0.3, 0.4) is 0 Å². The van der Waals surface area contributed by atoms with Crippen LogP contribution in [0.5, 0.6) is 0 Å². The summed E-state index contributed by atoms with van der Waals surface area (Å²) in [6.07, 6.45) is 0. The van der Waals surface area contributed by atoms with E-state index in [-0.39, 0.29) is 5.97 Å². The van der Waals surface area contributed by atoms with Crippen LogP contribution in [0.25, 0.3) is 10.4 Å². The molecule has 0 saturated carbocycles. The maximum atomic E-state index is 12.4. The second-order valence-corrected chi connectivity index (χ2v) is 8.27. The number of halogens is 2. The number of hydrogen-bond acceptors (Lipinski definition) is 4. The lowest BCUT2D eigenvalue weighted by atomic mass is 10.1. The van der Waals surface area contributed by atoms with Gasteiger partial charge in [-0.15, -0.1) is 11.3 Å². The van der Waals surface area contributed by atoms with E-state index < -0.39 is 0 Å². The highest BCUT2D eigenvalue weighted by Gasteiger charge is 2.19. The third kappa shape index (κ3) is 5.70. The van der Waals surface area contributed by atoms with Crippen LogP contribution >= 0.6 is 46.8 Å². The van der Waals surface area contributed by atoms with Crippen molar-refractivity contribution in [2.24, 2.45) is 0 Å². The van der Waals surface area contributed by atoms with Gasteiger partial charge in [0.2, 0.25) is 0 Å². The molecule has 1 heterocycles. The molecule has 0 radical (unpaired) electrons. The number of thiophene rings is 1. The van der Waals surface area contributed by atoms with Crippen molar-refractivity contribution in [1.82, 2.24) is 5.32 Å². The third-order valence-corrected chi connectivity index (χ3v) is 6.03. The summed E-state index contributed by atoms with van der Waals surface area (Å²) < 4.78 is 5.19. The van der Waals surface area contributed by atoms with Gasteiger partial charge in [-0.3, -0.25) is 0 Å². The Bertz CT molecular complexity index is 1020. The van der Waals surface area contributed by atoms with Crippen molar-refractivity contribution in [1.29, 1.82) is 0 Å². The number of rotatable bonds is 6. The fourth-order valence-electron chi connectivity index (χ4n) is 2.57. The molecule has 1 aromatic heterocycles. The van der Waals surface area contributed by atoms with Crippen LogP contribution in [0.2, 0.25) is 10.0 Å². The van der Waals surface area contributed by atoms with Gasteiger partial charge in [-0.2, -0.15) is 0 Å². The van der Waals surface area contributed by atoms with Gasteiger partial charge in [0, 0.05) is 11.4 Å². The normalized spacial score (nSPS) is 10.4. The number of carbonyl (C=O) groups excluding carboxylic acids is 1. The molecule has 0 fully saturated rings. The minimum atomic E-state index is -0.388. The van der Waals surface area contributed by atoms with Crippen LogP contribution in [0.4, 0.5) is 5.00 Å². The predicted octanol–water partition coefficient (Wildman–Crippen LogP) is 6.39. The summed E-state index contributed by atoms with van der Waals surface area (Å²) in [6.45, 7) is 2.54. The molecule has 3 rings (SSSR count). The van der Waals surface area contributed by atoms with Gasteiger partial charge in [-0.25, -0.2) is 4.79 Å². The Morgan fingerprint density at radius 1 is 1.10 bits per heavy atom. The van der Waals surface area contributed by atoms with E-state index in [4.69, 9.17) is 40.2 Å². The molecule has 0 bridgehead atoms. The second-order valence-electron chi connectivity index (χ2n) is 6.00. The van der Waals surface area contributed by atoms with Crippen molar-refractivity contribution < 1.29 is 9.53 Å². The molecule has 0 aliphatic carbocycles. The molecular formula is C21H18Cl2N2O2S2. The van der Waals surface area contributed by atoms with Crippen molar-refractivity contribution in [3.8, 4) is 10.4 Å². The number of esters is 1. The predicted molar refractivity (Wildman–Crippen MR) is 125 cm³/mol. The maximum Gasteiger partial charge on any atom is 0.341 e. The smallest absolute Gasteiger partial charge is 0.341 e. The number of carbonyl (C=O) groups is 1. The Kier molecular flexibility index (Phi) is 7.50. The standard InChI is InChI=1S/C21H18Cl2N2O2S2/c1-2-27-20(26)15-11-18(14-6-4-3-5-7-14)29-19(15)25-21(28)24-12-13-8-9-16(22)17(23)10-13/h3-11H,2,12H2,1H3,(H2,24,25,28). The van der Waals surface area contributed by atoms with Gasteiger partial charge in [0.25, 0.3) is 0 Å². The first-order valence-corrected chi connectivity index (χ1v) is 10.8. The molecule has 2 N–H and O–H groups in total. The summed E-state index contributed by atoms with van der Waals surface area (Å²) in [5.41, 5.74) is 2.41. The maximum absolute atomic E-state index is 12.4. The summed E-state index contributed by atoms with van der Waals surface area (Å²) in [6, 6.07) is 17.0. The van der Waals surface area contributed by atoms with E-state index >= 15 is 0 Å². The first-order valence-electron chi connectivity index (χ1n) is 8.83. The Morgan fingerprint density at radius 3 is 2.55 bits per heavy atom. The van der Waals surface area contributed by atoms with E-state index in [1.165, 1.54) is 11.3 Å². The van der Waals surface area contributed by atoms with Gasteiger partial charge in [0.1, 0.15) is 5.00 Å². The summed E-state index contributed by atoms with van der Waals surface area (Å²) in [5.74, 6) is -0.388. The molecule has 0 aliphatic rings. The molecule has 29 heavy (non-hydrogen) atoms. The average molecular weight is 465 g/mol. The molecule has 3 aromatic rings. The third-order valence-electron chi connectivity index (χ3n) is 3.95. The van der Waals surface area contributed by atoms with Crippen LogP contribution < -0.4 is 10.6 Å². The molecule has 0 spiro atoms. The molecule has 0 amide bonds. The molecule has 2 aromatic carbocycles. The lowest BCUT2D eigenvalue weighted by Crippen LogP contribution is -2.28. The lowest BCUT2D eigenvalue weighted by molar-refractivity contribution is 0.0528. The van der Waals surface area contributed by atoms with Crippen LogP contribution in [0.1, 0.15) is 22.8 Å². The Hall–Kier alpha value is -2.12. The zero-order valence-electron chi connectivity index (χ0n) is 15.5. The molecule has 8 heteroatoms.